The Kier molecular flexibility index (Phi) is 4.75. The zero-order valence-electron chi connectivity index (χ0n) is 11.7. The number of benzene rings is 1. The lowest BCUT2D eigenvalue weighted by molar-refractivity contribution is -0.112. The fourth-order valence-corrected chi connectivity index (χ4v) is 2.58. The molecule has 106 valence electrons. The minimum absolute atomic E-state index is 0.0581. The van der Waals surface area contributed by atoms with Crippen LogP contribution in [0.25, 0.3) is 6.08 Å². The standard InChI is InChI=1S/C16H14N2O2S/c1-11-7-8-13(21-11)9-12(10-17)16(19)18-14-5-3-4-6-15(14)20-2/h3-9H,1-2H3,(H,18,19). The normalized spacial score (nSPS) is 10.8. The number of rotatable bonds is 4. The van der Waals surface area contributed by atoms with Crippen molar-refractivity contribution in [2.24, 2.45) is 0 Å². The highest BCUT2D eigenvalue weighted by atomic mass is 32.1. The van der Waals surface area contributed by atoms with Crippen molar-refractivity contribution < 1.29 is 9.53 Å². The van der Waals surface area contributed by atoms with Gasteiger partial charge in [0.25, 0.3) is 5.91 Å². The number of carbonyl (C=O) groups excluding carboxylic acids is 1. The number of nitrogens with one attached hydrogen (secondary N) is 1. The molecule has 1 amide bonds. The molecule has 0 radical (unpaired) electrons. The van der Waals surface area contributed by atoms with E-state index in [-0.39, 0.29) is 5.57 Å². The molecule has 1 heterocycles. The van der Waals surface area contributed by atoms with Crippen molar-refractivity contribution in [2.45, 2.75) is 6.92 Å². The number of hydrogen-bond acceptors (Lipinski definition) is 4. The topological polar surface area (TPSA) is 62.1 Å². The minimum Gasteiger partial charge on any atom is -0.495 e. The summed E-state index contributed by atoms with van der Waals surface area (Å²) in [5, 5.41) is 11.9. The van der Waals surface area contributed by atoms with Crippen LogP contribution in [0.1, 0.15) is 9.75 Å². The van der Waals surface area contributed by atoms with Gasteiger partial charge in [-0.3, -0.25) is 4.79 Å². The first-order valence-corrected chi connectivity index (χ1v) is 7.08. The maximum absolute atomic E-state index is 12.2. The van der Waals surface area contributed by atoms with E-state index in [9.17, 15) is 4.79 Å². The van der Waals surface area contributed by atoms with Crippen LogP contribution in [0.2, 0.25) is 0 Å². The van der Waals surface area contributed by atoms with Gasteiger partial charge in [-0.05, 0) is 37.3 Å². The molecular formula is C16H14N2O2S. The molecule has 0 saturated heterocycles. The van der Waals surface area contributed by atoms with E-state index in [0.717, 1.165) is 9.75 Å². The summed E-state index contributed by atoms with van der Waals surface area (Å²) in [5.41, 5.74) is 0.594. The Morgan fingerprint density at radius 2 is 2.10 bits per heavy atom. The fraction of sp³-hybridized carbons (Fsp3) is 0.125. The molecule has 0 aliphatic carbocycles. The number of hydrogen-bond donors (Lipinski definition) is 1. The van der Waals surface area contributed by atoms with Gasteiger partial charge in [0.15, 0.2) is 0 Å². The van der Waals surface area contributed by atoms with Gasteiger partial charge in [0.1, 0.15) is 17.4 Å². The predicted molar refractivity (Wildman–Crippen MR) is 84.3 cm³/mol. The van der Waals surface area contributed by atoms with E-state index in [1.807, 2.05) is 31.2 Å². The van der Waals surface area contributed by atoms with Gasteiger partial charge in [0.2, 0.25) is 0 Å². The molecule has 1 N–H and O–H groups in total. The molecule has 0 spiro atoms. The Balaban J connectivity index is 2.22. The van der Waals surface area contributed by atoms with Crippen LogP contribution in [0.5, 0.6) is 5.75 Å². The van der Waals surface area contributed by atoms with Gasteiger partial charge in [-0.2, -0.15) is 5.26 Å². The lowest BCUT2D eigenvalue weighted by Crippen LogP contribution is -2.14. The van der Waals surface area contributed by atoms with Crippen LogP contribution in [0, 0.1) is 18.3 Å². The van der Waals surface area contributed by atoms with Crippen LogP contribution < -0.4 is 10.1 Å². The SMILES string of the molecule is COc1ccccc1NC(=O)C(C#N)=Cc1ccc(C)s1. The highest BCUT2D eigenvalue weighted by Crippen LogP contribution is 2.24. The first kappa shape index (κ1) is 14.8. The molecule has 1 aromatic carbocycles. The second-order valence-corrected chi connectivity index (χ2v) is 5.59. The van der Waals surface area contributed by atoms with Crippen molar-refractivity contribution in [3.63, 3.8) is 0 Å². The zero-order valence-corrected chi connectivity index (χ0v) is 12.5. The Morgan fingerprint density at radius 3 is 2.71 bits per heavy atom. The van der Waals surface area contributed by atoms with Gasteiger partial charge in [-0.1, -0.05) is 12.1 Å². The summed E-state index contributed by atoms with van der Waals surface area (Å²) >= 11 is 1.53. The smallest absolute Gasteiger partial charge is 0.266 e. The molecular weight excluding hydrogens is 284 g/mol. The predicted octanol–water partition coefficient (Wildman–Crippen LogP) is 3.61. The average Bonchev–Trinajstić information content (AvgIpc) is 2.90. The molecule has 1 aromatic heterocycles. The number of para-hydroxylation sites is 2. The van der Waals surface area contributed by atoms with E-state index in [2.05, 4.69) is 5.32 Å². The summed E-state index contributed by atoms with van der Waals surface area (Å²) in [6.07, 6.45) is 1.59. The summed E-state index contributed by atoms with van der Waals surface area (Å²) in [4.78, 5) is 14.2. The third-order valence-electron chi connectivity index (χ3n) is 2.77. The quantitative estimate of drug-likeness (QED) is 0.693. The van der Waals surface area contributed by atoms with Crippen molar-refractivity contribution >= 4 is 29.0 Å². The van der Waals surface area contributed by atoms with Crippen LogP contribution in [-0.4, -0.2) is 13.0 Å². The number of methoxy groups -OCH3 is 1. The third kappa shape index (κ3) is 3.71. The molecule has 2 rings (SSSR count). The third-order valence-corrected chi connectivity index (χ3v) is 3.72. The van der Waals surface area contributed by atoms with E-state index in [0.29, 0.717) is 11.4 Å². The van der Waals surface area contributed by atoms with Gasteiger partial charge in [-0.15, -0.1) is 11.3 Å². The number of amides is 1. The van der Waals surface area contributed by atoms with Crippen molar-refractivity contribution in [1.29, 1.82) is 5.26 Å². The summed E-state index contributed by atoms with van der Waals surface area (Å²) in [6.45, 7) is 1.98. The van der Waals surface area contributed by atoms with Crippen LogP contribution >= 0.6 is 11.3 Å². The van der Waals surface area contributed by atoms with E-state index >= 15 is 0 Å². The lowest BCUT2D eigenvalue weighted by Gasteiger charge is -2.08. The molecule has 0 atom stereocenters. The van der Waals surface area contributed by atoms with Crippen molar-refractivity contribution in [2.75, 3.05) is 12.4 Å². The van der Waals surface area contributed by atoms with Crippen molar-refractivity contribution in [1.82, 2.24) is 0 Å². The Morgan fingerprint density at radius 1 is 1.33 bits per heavy atom. The van der Waals surface area contributed by atoms with Crippen LogP contribution in [-0.2, 0) is 4.79 Å². The van der Waals surface area contributed by atoms with Crippen molar-refractivity contribution in [3.8, 4) is 11.8 Å². The molecule has 2 aromatic rings. The van der Waals surface area contributed by atoms with Gasteiger partial charge >= 0.3 is 0 Å². The maximum atomic E-state index is 12.2. The first-order chi connectivity index (χ1) is 10.1. The molecule has 21 heavy (non-hydrogen) atoms. The zero-order chi connectivity index (χ0) is 15.2. The van der Waals surface area contributed by atoms with Gasteiger partial charge in [0, 0.05) is 9.75 Å². The number of carbonyl (C=O) groups is 1. The molecule has 0 fully saturated rings. The van der Waals surface area contributed by atoms with Crippen LogP contribution in [0.4, 0.5) is 5.69 Å². The lowest BCUT2D eigenvalue weighted by atomic mass is 10.2. The molecule has 4 nitrogen and oxygen atoms in total. The van der Waals surface area contributed by atoms with Gasteiger partial charge in [0.05, 0.1) is 12.8 Å². The monoisotopic (exact) mass is 298 g/mol. The van der Waals surface area contributed by atoms with E-state index in [4.69, 9.17) is 10.00 Å². The Bertz CT molecular complexity index is 726. The summed E-state index contributed by atoms with van der Waals surface area (Å²) in [5.74, 6) is 0.100. The number of nitrogens with zero attached hydrogens (tertiary/aromatic N) is 1. The fourth-order valence-electron chi connectivity index (χ4n) is 1.76. The number of aryl methyl sites for hydroxylation is 1. The number of nitriles is 1. The average molecular weight is 298 g/mol. The van der Waals surface area contributed by atoms with E-state index < -0.39 is 5.91 Å². The number of ether oxygens (including phenoxy) is 1. The summed E-state index contributed by atoms with van der Waals surface area (Å²) < 4.78 is 5.17. The molecule has 0 saturated carbocycles. The van der Waals surface area contributed by atoms with Gasteiger partial charge < -0.3 is 10.1 Å². The molecule has 0 aliphatic heterocycles. The minimum atomic E-state index is -0.451. The highest BCUT2D eigenvalue weighted by Gasteiger charge is 2.12. The second kappa shape index (κ2) is 6.73. The largest absolute Gasteiger partial charge is 0.495 e. The maximum Gasteiger partial charge on any atom is 0.266 e. The summed E-state index contributed by atoms with van der Waals surface area (Å²) in [6, 6.07) is 12.8. The van der Waals surface area contributed by atoms with Crippen molar-refractivity contribution in [3.05, 3.63) is 51.7 Å². The molecule has 0 aliphatic rings. The Hall–Kier alpha value is -2.58. The first-order valence-electron chi connectivity index (χ1n) is 6.26. The molecule has 0 bridgehead atoms. The van der Waals surface area contributed by atoms with Crippen LogP contribution in [0.15, 0.2) is 42.0 Å². The number of anilines is 1. The Labute approximate surface area is 127 Å². The van der Waals surface area contributed by atoms with E-state index in [1.54, 1.807) is 24.3 Å². The highest BCUT2D eigenvalue weighted by molar-refractivity contribution is 7.12. The van der Waals surface area contributed by atoms with E-state index in [1.165, 1.54) is 18.4 Å². The second-order valence-electron chi connectivity index (χ2n) is 4.27. The number of thiophene rings is 1. The molecule has 0 unspecified atom stereocenters. The summed E-state index contributed by atoms with van der Waals surface area (Å²) in [7, 11) is 1.53. The van der Waals surface area contributed by atoms with Crippen LogP contribution in [0.3, 0.4) is 0 Å². The molecule has 5 heteroatoms. The van der Waals surface area contributed by atoms with Gasteiger partial charge in [-0.25, -0.2) is 0 Å².